The van der Waals surface area contributed by atoms with Crippen LogP contribution in [0.2, 0.25) is 0 Å². The summed E-state index contributed by atoms with van der Waals surface area (Å²) in [5, 5.41) is 5.28. The maximum absolute atomic E-state index is 13.9. The van der Waals surface area contributed by atoms with Gasteiger partial charge in [0.2, 0.25) is 0 Å². The van der Waals surface area contributed by atoms with E-state index in [1.807, 2.05) is 23.1 Å². The van der Waals surface area contributed by atoms with Gasteiger partial charge in [-0.2, -0.15) is 5.10 Å². The Kier molecular flexibility index (Phi) is 4.93. The molecule has 5 nitrogen and oxygen atoms in total. The quantitative estimate of drug-likeness (QED) is 0.347. The monoisotopic (exact) mass is 439 g/mol. The third-order valence-electron chi connectivity index (χ3n) is 7.34. The second kappa shape index (κ2) is 8.10. The lowest BCUT2D eigenvalue weighted by Crippen LogP contribution is -2.19. The molecule has 5 aromatic rings. The largest absolute Gasteiger partial charge is 0.342 e. The van der Waals surface area contributed by atoms with Crippen molar-refractivity contribution in [3.05, 3.63) is 84.3 Å². The minimum atomic E-state index is -0.195. The summed E-state index contributed by atoms with van der Waals surface area (Å²) in [6, 6.07) is 15.1. The summed E-state index contributed by atoms with van der Waals surface area (Å²) >= 11 is 0. The second-order valence-electron chi connectivity index (χ2n) is 9.24. The number of imidazole rings is 1. The zero-order valence-electron chi connectivity index (χ0n) is 18.6. The van der Waals surface area contributed by atoms with Gasteiger partial charge in [0.05, 0.1) is 22.2 Å². The van der Waals surface area contributed by atoms with E-state index in [-0.39, 0.29) is 5.82 Å². The Morgan fingerprint density at radius 3 is 2.70 bits per heavy atom. The fourth-order valence-corrected chi connectivity index (χ4v) is 5.44. The molecule has 0 radical (unpaired) electrons. The van der Waals surface area contributed by atoms with E-state index in [1.54, 1.807) is 18.3 Å². The van der Waals surface area contributed by atoms with E-state index in [9.17, 15) is 4.39 Å². The van der Waals surface area contributed by atoms with Gasteiger partial charge in [0.25, 0.3) is 0 Å². The smallest absolute Gasteiger partial charge is 0.123 e. The second-order valence-corrected chi connectivity index (χ2v) is 9.24. The molecule has 1 N–H and O–H groups in total. The summed E-state index contributed by atoms with van der Waals surface area (Å²) in [5.41, 5.74) is 5.16. The third kappa shape index (κ3) is 3.69. The molecule has 3 heterocycles. The van der Waals surface area contributed by atoms with E-state index < -0.39 is 0 Å². The molecule has 6 rings (SSSR count). The predicted octanol–water partition coefficient (Wildman–Crippen LogP) is 6.51. The molecule has 0 bridgehead atoms. The highest BCUT2D eigenvalue weighted by atomic mass is 19.1. The highest BCUT2D eigenvalue weighted by molar-refractivity contribution is 5.82. The van der Waals surface area contributed by atoms with Gasteiger partial charge in [-0.25, -0.2) is 14.1 Å². The van der Waals surface area contributed by atoms with Gasteiger partial charge in [-0.3, -0.25) is 4.98 Å². The Hall–Kier alpha value is -3.54. The zero-order chi connectivity index (χ0) is 22.4. The summed E-state index contributed by atoms with van der Waals surface area (Å²) < 4.78 is 15.7. The first-order valence-corrected chi connectivity index (χ1v) is 11.7. The zero-order valence-corrected chi connectivity index (χ0v) is 18.6. The van der Waals surface area contributed by atoms with Crippen LogP contribution in [0.15, 0.2) is 67.1 Å². The van der Waals surface area contributed by atoms with Crippen LogP contribution in [0.1, 0.15) is 55.8 Å². The van der Waals surface area contributed by atoms with Crippen LogP contribution in [-0.2, 0) is 0 Å². The number of nitrogens with zero attached hydrogens (tertiary/aromatic N) is 4. The summed E-state index contributed by atoms with van der Waals surface area (Å²) in [7, 11) is 0. The molecule has 3 aromatic heterocycles. The van der Waals surface area contributed by atoms with Gasteiger partial charge in [0.1, 0.15) is 11.6 Å². The van der Waals surface area contributed by atoms with Crippen molar-refractivity contribution in [1.82, 2.24) is 24.7 Å². The Morgan fingerprint density at radius 1 is 1.00 bits per heavy atom. The number of rotatable bonds is 4. The summed E-state index contributed by atoms with van der Waals surface area (Å²) in [6.07, 6.45) is 10.1. The Labute approximate surface area is 191 Å². The van der Waals surface area contributed by atoms with Gasteiger partial charge in [-0.1, -0.05) is 6.92 Å². The van der Waals surface area contributed by atoms with E-state index in [2.05, 4.69) is 46.3 Å². The van der Waals surface area contributed by atoms with Gasteiger partial charge in [-0.05, 0) is 91.6 Å². The number of hydrogen-bond donors (Lipinski definition) is 1. The van der Waals surface area contributed by atoms with E-state index in [1.165, 1.54) is 11.6 Å². The molecule has 1 aliphatic rings. The number of nitrogens with one attached hydrogen (secondary N) is 1. The number of fused-ring (bicyclic) bond motifs is 2. The number of H-pyrrole nitrogens is 1. The minimum Gasteiger partial charge on any atom is -0.342 e. The van der Waals surface area contributed by atoms with Crippen LogP contribution < -0.4 is 0 Å². The van der Waals surface area contributed by atoms with Crippen LogP contribution in [0.5, 0.6) is 0 Å². The molecule has 1 atom stereocenters. The van der Waals surface area contributed by atoms with Crippen LogP contribution in [0.25, 0.3) is 27.6 Å². The van der Waals surface area contributed by atoms with Crippen molar-refractivity contribution in [3.63, 3.8) is 0 Å². The molecular weight excluding hydrogens is 413 g/mol. The maximum Gasteiger partial charge on any atom is 0.123 e. The third-order valence-corrected chi connectivity index (χ3v) is 7.34. The van der Waals surface area contributed by atoms with Gasteiger partial charge < -0.3 is 4.98 Å². The topological polar surface area (TPSA) is 59.4 Å². The van der Waals surface area contributed by atoms with E-state index in [0.717, 1.165) is 59.1 Å². The Bertz CT molecular complexity index is 1410. The summed E-state index contributed by atoms with van der Waals surface area (Å²) in [6.45, 7) is 2.29. The first kappa shape index (κ1) is 20.1. The first-order chi connectivity index (χ1) is 16.2. The number of hydrogen-bond acceptors (Lipinski definition) is 3. The summed E-state index contributed by atoms with van der Waals surface area (Å²) in [4.78, 5) is 12.9. The predicted molar refractivity (Wildman–Crippen MR) is 128 cm³/mol. The van der Waals surface area contributed by atoms with Gasteiger partial charge >= 0.3 is 0 Å². The van der Waals surface area contributed by atoms with E-state index in [4.69, 9.17) is 4.98 Å². The molecule has 1 aliphatic carbocycles. The molecule has 166 valence electrons. The van der Waals surface area contributed by atoms with Crippen molar-refractivity contribution in [2.45, 2.75) is 44.4 Å². The first-order valence-electron chi connectivity index (χ1n) is 11.7. The molecule has 0 spiro atoms. The van der Waals surface area contributed by atoms with Crippen LogP contribution in [-0.4, -0.2) is 24.7 Å². The normalized spacial score (nSPS) is 19.8. The van der Waals surface area contributed by atoms with Crippen LogP contribution in [0.3, 0.4) is 0 Å². The molecule has 1 saturated carbocycles. The molecule has 33 heavy (non-hydrogen) atoms. The number of pyridine rings is 1. The fourth-order valence-electron chi connectivity index (χ4n) is 5.44. The van der Waals surface area contributed by atoms with Crippen LogP contribution in [0.4, 0.5) is 4.39 Å². The van der Waals surface area contributed by atoms with Gasteiger partial charge in [0.15, 0.2) is 0 Å². The van der Waals surface area contributed by atoms with Crippen molar-refractivity contribution in [2.24, 2.45) is 5.92 Å². The van der Waals surface area contributed by atoms with Crippen LogP contribution >= 0.6 is 0 Å². The number of aromatic nitrogens is 5. The van der Waals surface area contributed by atoms with E-state index >= 15 is 0 Å². The van der Waals surface area contributed by atoms with Crippen molar-refractivity contribution in [3.8, 4) is 5.69 Å². The minimum absolute atomic E-state index is 0.195. The van der Waals surface area contributed by atoms with Crippen molar-refractivity contribution in [2.75, 3.05) is 0 Å². The number of halogens is 1. The lowest BCUT2D eigenvalue weighted by molar-refractivity contribution is 0.286. The molecule has 0 aliphatic heterocycles. The molecule has 2 aromatic carbocycles. The van der Waals surface area contributed by atoms with Crippen molar-refractivity contribution < 1.29 is 4.39 Å². The van der Waals surface area contributed by atoms with Crippen molar-refractivity contribution >= 4 is 21.9 Å². The molecule has 0 saturated heterocycles. The lowest BCUT2D eigenvalue weighted by atomic mass is 9.73. The lowest BCUT2D eigenvalue weighted by Gasteiger charge is -2.32. The SMILES string of the molecule is CC(c1nc2cc(-n3cccn3)ccc2[nH]1)[C@H]1CC[C@@H](c2ccnc3ccc(F)cc32)CC1. The molecule has 0 amide bonds. The van der Waals surface area contributed by atoms with Gasteiger partial charge in [-0.15, -0.1) is 0 Å². The highest BCUT2D eigenvalue weighted by Gasteiger charge is 2.29. The Morgan fingerprint density at radius 2 is 1.88 bits per heavy atom. The van der Waals surface area contributed by atoms with Crippen LogP contribution in [0, 0.1) is 11.7 Å². The van der Waals surface area contributed by atoms with Crippen molar-refractivity contribution in [1.29, 1.82) is 0 Å². The molecule has 6 heteroatoms. The van der Waals surface area contributed by atoms with Gasteiger partial charge in [0, 0.05) is 29.9 Å². The number of benzene rings is 2. The average molecular weight is 440 g/mol. The highest BCUT2D eigenvalue weighted by Crippen LogP contribution is 2.43. The molecule has 1 fully saturated rings. The molecule has 1 unspecified atom stereocenters. The Balaban J connectivity index is 1.20. The standard InChI is InChI=1S/C27H26FN5/c1-17(27-31-25-10-8-21(16-26(25)32-27)33-14-2-12-30-33)18-3-5-19(6-4-18)22-11-13-29-24-9-7-20(28)15-23(22)24/h2,7-19H,3-6H2,1H3,(H,31,32)/t17?,18-,19+. The number of aromatic amines is 1. The van der Waals surface area contributed by atoms with E-state index in [0.29, 0.717) is 17.8 Å². The fraction of sp³-hybridized carbons (Fsp3) is 0.296. The summed E-state index contributed by atoms with van der Waals surface area (Å²) in [5.74, 6) is 2.26. The molecular formula is C27H26FN5. The maximum atomic E-state index is 13.9. The average Bonchev–Trinajstić information content (AvgIpc) is 3.53.